The Bertz CT molecular complexity index is 435. The zero-order chi connectivity index (χ0) is 19.6. The standard InChI is InChI=1S/C26H45N/c1-4-6-8-10-12-17-22-27(23-18-13-11-9-7-5-2)24-21-25(3)26-19-15-14-16-20-26/h14-16,19-20H,3-13,17-18,21-24H2,1-2H3. The van der Waals surface area contributed by atoms with Gasteiger partial charge in [-0.15, -0.1) is 0 Å². The summed E-state index contributed by atoms with van der Waals surface area (Å²) in [6.07, 6.45) is 17.7. The maximum atomic E-state index is 4.33. The predicted molar refractivity (Wildman–Crippen MR) is 123 cm³/mol. The summed E-state index contributed by atoms with van der Waals surface area (Å²) >= 11 is 0. The maximum absolute atomic E-state index is 4.33. The van der Waals surface area contributed by atoms with Crippen molar-refractivity contribution in [2.24, 2.45) is 0 Å². The van der Waals surface area contributed by atoms with Crippen LogP contribution in [0.1, 0.15) is 103 Å². The van der Waals surface area contributed by atoms with Crippen molar-refractivity contribution in [2.45, 2.75) is 97.3 Å². The topological polar surface area (TPSA) is 3.24 Å². The molecule has 0 aliphatic rings. The number of nitrogens with zero attached hydrogens (tertiary/aromatic N) is 1. The van der Waals surface area contributed by atoms with E-state index in [4.69, 9.17) is 0 Å². The molecule has 0 aliphatic heterocycles. The molecular weight excluding hydrogens is 326 g/mol. The van der Waals surface area contributed by atoms with Crippen molar-refractivity contribution in [3.05, 3.63) is 42.5 Å². The van der Waals surface area contributed by atoms with Crippen molar-refractivity contribution in [2.75, 3.05) is 19.6 Å². The Morgan fingerprint density at radius 2 is 1.15 bits per heavy atom. The van der Waals surface area contributed by atoms with E-state index in [1.54, 1.807) is 0 Å². The van der Waals surface area contributed by atoms with E-state index in [2.05, 4.69) is 55.7 Å². The van der Waals surface area contributed by atoms with E-state index in [0.717, 1.165) is 13.0 Å². The molecule has 1 nitrogen and oxygen atoms in total. The van der Waals surface area contributed by atoms with E-state index < -0.39 is 0 Å². The van der Waals surface area contributed by atoms with Gasteiger partial charge in [0.15, 0.2) is 0 Å². The molecule has 0 amide bonds. The molecule has 0 atom stereocenters. The second kappa shape index (κ2) is 17.0. The molecule has 27 heavy (non-hydrogen) atoms. The van der Waals surface area contributed by atoms with Gasteiger partial charge in [0.05, 0.1) is 0 Å². The average molecular weight is 372 g/mol. The SMILES string of the molecule is C=C(CCN(CCCCCCCC)CCCCCCCC)c1ccccc1. The van der Waals surface area contributed by atoms with Gasteiger partial charge in [0, 0.05) is 6.54 Å². The van der Waals surface area contributed by atoms with Gasteiger partial charge in [0.25, 0.3) is 0 Å². The lowest BCUT2D eigenvalue weighted by Crippen LogP contribution is -2.27. The monoisotopic (exact) mass is 371 g/mol. The molecule has 0 heterocycles. The maximum Gasteiger partial charge on any atom is 0.00218 e. The number of benzene rings is 1. The zero-order valence-electron chi connectivity index (χ0n) is 18.4. The van der Waals surface area contributed by atoms with E-state index in [0.29, 0.717) is 0 Å². The predicted octanol–water partition coefficient (Wildman–Crippen LogP) is 8.11. The largest absolute Gasteiger partial charge is 0.303 e. The van der Waals surface area contributed by atoms with Crippen LogP contribution in [0.25, 0.3) is 5.57 Å². The molecule has 0 fully saturated rings. The molecule has 0 saturated carbocycles. The van der Waals surface area contributed by atoms with E-state index >= 15 is 0 Å². The van der Waals surface area contributed by atoms with Gasteiger partial charge in [0.1, 0.15) is 0 Å². The van der Waals surface area contributed by atoms with Gasteiger partial charge in [-0.2, -0.15) is 0 Å². The number of unbranched alkanes of at least 4 members (excludes halogenated alkanes) is 10. The van der Waals surface area contributed by atoms with Crippen LogP contribution < -0.4 is 0 Å². The highest BCUT2D eigenvalue weighted by Gasteiger charge is 2.07. The first kappa shape index (κ1) is 24.0. The van der Waals surface area contributed by atoms with Crippen LogP contribution in [0.2, 0.25) is 0 Å². The van der Waals surface area contributed by atoms with Crippen molar-refractivity contribution in [3.63, 3.8) is 0 Å². The Morgan fingerprint density at radius 3 is 1.67 bits per heavy atom. The molecule has 0 spiro atoms. The third-order valence-electron chi connectivity index (χ3n) is 5.57. The summed E-state index contributed by atoms with van der Waals surface area (Å²) in [5.41, 5.74) is 2.59. The molecule has 0 N–H and O–H groups in total. The number of hydrogen-bond donors (Lipinski definition) is 0. The molecule has 0 aromatic heterocycles. The fraction of sp³-hybridized carbons (Fsp3) is 0.692. The van der Waals surface area contributed by atoms with Crippen molar-refractivity contribution in [1.82, 2.24) is 4.90 Å². The third-order valence-corrected chi connectivity index (χ3v) is 5.57. The van der Waals surface area contributed by atoms with Crippen molar-refractivity contribution in [1.29, 1.82) is 0 Å². The van der Waals surface area contributed by atoms with Crippen molar-refractivity contribution in [3.8, 4) is 0 Å². The van der Waals surface area contributed by atoms with Gasteiger partial charge in [-0.1, -0.05) is 115 Å². The van der Waals surface area contributed by atoms with Crippen LogP contribution in [0.5, 0.6) is 0 Å². The Hall–Kier alpha value is -1.08. The van der Waals surface area contributed by atoms with Gasteiger partial charge < -0.3 is 4.90 Å². The minimum absolute atomic E-state index is 1.09. The number of hydrogen-bond acceptors (Lipinski definition) is 1. The minimum Gasteiger partial charge on any atom is -0.303 e. The molecule has 0 bridgehead atoms. The summed E-state index contributed by atoms with van der Waals surface area (Å²) in [5.74, 6) is 0. The molecule has 0 saturated heterocycles. The lowest BCUT2D eigenvalue weighted by Gasteiger charge is -2.23. The Kier molecular flexibility index (Phi) is 15.1. The van der Waals surface area contributed by atoms with Crippen LogP contribution >= 0.6 is 0 Å². The summed E-state index contributed by atoms with van der Waals surface area (Å²) in [6, 6.07) is 10.7. The van der Waals surface area contributed by atoms with Crippen LogP contribution in [0.15, 0.2) is 36.9 Å². The van der Waals surface area contributed by atoms with Crippen molar-refractivity contribution >= 4 is 5.57 Å². The molecule has 1 aromatic carbocycles. The highest BCUT2D eigenvalue weighted by Crippen LogP contribution is 2.17. The highest BCUT2D eigenvalue weighted by atomic mass is 15.1. The van der Waals surface area contributed by atoms with E-state index in [-0.39, 0.29) is 0 Å². The van der Waals surface area contributed by atoms with Crippen LogP contribution in [0.3, 0.4) is 0 Å². The van der Waals surface area contributed by atoms with E-state index in [1.807, 2.05) is 0 Å². The van der Waals surface area contributed by atoms with Crippen LogP contribution in [-0.4, -0.2) is 24.5 Å². The van der Waals surface area contributed by atoms with Gasteiger partial charge in [0.2, 0.25) is 0 Å². The third kappa shape index (κ3) is 12.8. The second-order valence-electron chi connectivity index (χ2n) is 8.10. The lowest BCUT2D eigenvalue weighted by atomic mass is 10.0. The van der Waals surface area contributed by atoms with E-state index in [9.17, 15) is 0 Å². The van der Waals surface area contributed by atoms with Crippen LogP contribution in [0, 0.1) is 0 Å². The molecule has 1 heteroatoms. The second-order valence-corrected chi connectivity index (χ2v) is 8.10. The molecule has 0 radical (unpaired) electrons. The first-order valence-electron chi connectivity index (χ1n) is 11.7. The molecule has 0 unspecified atom stereocenters. The smallest absolute Gasteiger partial charge is 0.00218 e. The normalized spacial score (nSPS) is 11.2. The van der Waals surface area contributed by atoms with Gasteiger partial charge >= 0.3 is 0 Å². The van der Waals surface area contributed by atoms with Gasteiger partial charge in [-0.05, 0) is 43.5 Å². The first-order chi connectivity index (χ1) is 13.3. The van der Waals surface area contributed by atoms with E-state index in [1.165, 1.54) is 101 Å². The summed E-state index contributed by atoms with van der Waals surface area (Å²) in [6.45, 7) is 12.6. The Morgan fingerprint density at radius 1 is 0.667 bits per heavy atom. The molecule has 154 valence electrons. The first-order valence-corrected chi connectivity index (χ1v) is 11.7. The summed E-state index contributed by atoms with van der Waals surface area (Å²) in [4.78, 5) is 2.70. The fourth-order valence-electron chi connectivity index (χ4n) is 3.68. The van der Waals surface area contributed by atoms with Crippen LogP contribution in [0.4, 0.5) is 0 Å². The highest BCUT2D eigenvalue weighted by molar-refractivity contribution is 5.63. The molecule has 1 rings (SSSR count). The Balaban J connectivity index is 2.31. The summed E-state index contributed by atoms with van der Waals surface area (Å²) in [5, 5.41) is 0. The zero-order valence-corrected chi connectivity index (χ0v) is 18.4. The lowest BCUT2D eigenvalue weighted by molar-refractivity contribution is 0.266. The average Bonchev–Trinajstić information content (AvgIpc) is 2.71. The van der Waals surface area contributed by atoms with Gasteiger partial charge in [-0.3, -0.25) is 0 Å². The number of rotatable bonds is 18. The molecule has 1 aromatic rings. The quantitative estimate of drug-likeness (QED) is 0.235. The van der Waals surface area contributed by atoms with Crippen molar-refractivity contribution < 1.29 is 0 Å². The molecular formula is C26H45N. The van der Waals surface area contributed by atoms with Gasteiger partial charge in [-0.25, -0.2) is 0 Å². The fourth-order valence-corrected chi connectivity index (χ4v) is 3.68. The summed E-state index contributed by atoms with van der Waals surface area (Å²) < 4.78 is 0. The molecule has 0 aliphatic carbocycles. The van der Waals surface area contributed by atoms with Crippen LogP contribution in [-0.2, 0) is 0 Å². The summed E-state index contributed by atoms with van der Waals surface area (Å²) in [7, 11) is 0. The Labute approximate surface area is 170 Å². The minimum atomic E-state index is 1.09.